The summed E-state index contributed by atoms with van der Waals surface area (Å²) in [6, 6.07) is 2.36. The molecule has 2 aromatic heterocycles. The second-order valence-electron chi connectivity index (χ2n) is 5.06. The van der Waals surface area contributed by atoms with Crippen molar-refractivity contribution in [2.75, 3.05) is 12.3 Å². The SMILES string of the molecule is CCNC(C)(C#N)CCCCSc1ncnc2nc[nH]c12. The summed E-state index contributed by atoms with van der Waals surface area (Å²) in [5, 5.41) is 13.4. The molecule has 0 radical (unpaired) electrons. The largest absolute Gasteiger partial charge is 0.341 e. The van der Waals surface area contributed by atoms with Crippen LogP contribution < -0.4 is 5.32 Å². The van der Waals surface area contributed by atoms with Crippen LogP contribution in [0.5, 0.6) is 0 Å². The van der Waals surface area contributed by atoms with Crippen molar-refractivity contribution in [1.82, 2.24) is 25.3 Å². The Balaban J connectivity index is 1.78. The highest BCUT2D eigenvalue weighted by molar-refractivity contribution is 7.99. The number of hydrogen-bond acceptors (Lipinski definition) is 6. The molecule has 0 aliphatic carbocycles. The van der Waals surface area contributed by atoms with E-state index in [1.807, 2.05) is 13.8 Å². The standard InChI is InChI=1S/C14H20N6S/c1-3-20-14(2,8-15)6-4-5-7-21-13-11-12(17-9-16-11)18-10-19-13/h9-10,20H,3-7H2,1-2H3,(H,16,17,18,19). The Hall–Kier alpha value is -1.65. The molecule has 21 heavy (non-hydrogen) atoms. The van der Waals surface area contributed by atoms with E-state index in [-0.39, 0.29) is 0 Å². The van der Waals surface area contributed by atoms with Crippen LogP contribution in [0.15, 0.2) is 17.7 Å². The van der Waals surface area contributed by atoms with Gasteiger partial charge < -0.3 is 4.98 Å². The van der Waals surface area contributed by atoms with Crippen molar-refractivity contribution in [2.45, 2.75) is 43.7 Å². The van der Waals surface area contributed by atoms with Crippen LogP contribution in [0.2, 0.25) is 0 Å². The molecule has 0 aromatic carbocycles. The van der Waals surface area contributed by atoms with E-state index in [0.717, 1.165) is 42.1 Å². The Kier molecular flexibility index (Phi) is 5.53. The highest BCUT2D eigenvalue weighted by atomic mass is 32.2. The van der Waals surface area contributed by atoms with E-state index >= 15 is 0 Å². The number of rotatable bonds is 8. The number of fused-ring (bicyclic) bond motifs is 1. The van der Waals surface area contributed by atoms with E-state index < -0.39 is 5.54 Å². The van der Waals surface area contributed by atoms with Gasteiger partial charge in [-0.1, -0.05) is 6.92 Å². The van der Waals surface area contributed by atoms with E-state index in [1.54, 1.807) is 24.4 Å². The Labute approximate surface area is 128 Å². The third kappa shape index (κ3) is 4.16. The van der Waals surface area contributed by atoms with Crippen LogP contribution in [0.3, 0.4) is 0 Å². The smallest absolute Gasteiger partial charge is 0.181 e. The molecule has 0 saturated heterocycles. The lowest BCUT2D eigenvalue weighted by molar-refractivity contribution is 0.415. The van der Waals surface area contributed by atoms with Gasteiger partial charge >= 0.3 is 0 Å². The molecule has 2 aromatic rings. The monoisotopic (exact) mass is 304 g/mol. The first kappa shape index (κ1) is 15.7. The van der Waals surface area contributed by atoms with Gasteiger partial charge in [-0.15, -0.1) is 11.8 Å². The molecular formula is C14H20N6S. The predicted octanol–water partition coefficient (Wildman–Crippen LogP) is 2.51. The fraction of sp³-hybridized carbons (Fsp3) is 0.571. The van der Waals surface area contributed by atoms with Gasteiger partial charge in [-0.05, 0) is 38.5 Å². The van der Waals surface area contributed by atoms with Gasteiger partial charge in [0.2, 0.25) is 0 Å². The molecule has 0 aliphatic heterocycles. The normalized spacial score (nSPS) is 14.0. The summed E-state index contributed by atoms with van der Waals surface area (Å²) in [4.78, 5) is 15.6. The van der Waals surface area contributed by atoms with Crippen LogP contribution in [-0.2, 0) is 0 Å². The molecule has 6 nitrogen and oxygen atoms in total. The van der Waals surface area contributed by atoms with E-state index in [2.05, 4.69) is 31.3 Å². The molecule has 1 atom stereocenters. The molecule has 0 fully saturated rings. The zero-order valence-electron chi connectivity index (χ0n) is 12.4. The molecule has 112 valence electrons. The van der Waals surface area contributed by atoms with Crippen molar-refractivity contribution in [3.8, 4) is 6.07 Å². The Bertz CT molecular complexity index is 619. The van der Waals surface area contributed by atoms with Crippen molar-refractivity contribution >= 4 is 22.9 Å². The van der Waals surface area contributed by atoms with Gasteiger partial charge in [0.15, 0.2) is 5.65 Å². The number of thioether (sulfide) groups is 1. The van der Waals surface area contributed by atoms with Gasteiger partial charge in [0.05, 0.1) is 12.4 Å². The second kappa shape index (κ2) is 7.38. The maximum absolute atomic E-state index is 9.20. The van der Waals surface area contributed by atoms with Crippen LogP contribution >= 0.6 is 11.8 Å². The van der Waals surface area contributed by atoms with Crippen molar-refractivity contribution in [2.24, 2.45) is 0 Å². The minimum absolute atomic E-state index is 0.412. The number of nitrogens with one attached hydrogen (secondary N) is 2. The molecule has 2 heterocycles. The van der Waals surface area contributed by atoms with Crippen LogP contribution in [-0.4, -0.2) is 37.8 Å². The third-order valence-corrected chi connectivity index (χ3v) is 4.39. The molecular weight excluding hydrogens is 284 g/mol. The number of aromatic amines is 1. The predicted molar refractivity (Wildman–Crippen MR) is 84.0 cm³/mol. The topological polar surface area (TPSA) is 90.3 Å². The summed E-state index contributed by atoms with van der Waals surface area (Å²) in [5.74, 6) is 0.971. The van der Waals surface area contributed by atoms with Gasteiger partial charge in [0, 0.05) is 0 Å². The molecule has 1 unspecified atom stereocenters. The molecule has 0 aliphatic rings. The summed E-state index contributed by atoms with van der Waals surface area (Å²) in [6.07, 6.45) is 6.11. The van der Waals surface area contributed by atoms with Crippen LogP contribution in [0, 0.1) is 11.3 Å². The maximum atomic E-state index is 9.20. The summed E-state index contributed by atoms with van der Waals surface area (Å²) in [5.41, 5.74) is 1.19. The van der Waals surface area contributed by atoms with Crippen LogP contribution in [0.25, 0.3) is 11.2 Å². The molecule has 0 amide bonds. The minimum atomic E-state index is -0.412. The number of nitrogens with zero attached hydrogens (tertiary/aromatic N) is 4. The number of H-pyrrole nitrogens is 1. The average molecular weight is 304 g/mol. The van der Waals surface area contributed by atoms with Gasteiger partial charge in [-0.2, -0.15) is 5.26 Å². The number of aromatic nitrogens is 4. The number of unbranched alkanes of at least 4 members (excludes halogenated alkanes) is 1. The first-order valence-electron chi connectivity index (χ1n) is 7.11. The van der Waals surface area contributed by atoms with Gasteiger partial charge in [-0.3, -0.25) is 5.32 Å². The highest BCUT2D eigenvalue weighted by Crippen LogP contribution is 2.23. The first-order valence-corrected chi connectivity index (χ1v) is 8.10. The maximum Gasteiger partial charge on any atom is 0.181 e. The molecule has 0 saturated carbocycles. The molecule has 0 bridgehead atoms. The van der Waals surface area contributed by atoms with Crippen molar-refractivity contribution in [3.05, 3.63) is 12.7 Å². The summed E-state index contributed by atoms with van der Waals surface area (Å²) in [6.45, 7) is 4.80. The Morgan fingerprint density at radius 3 is 3.00 bits per heavy atom. The van der Waals surface area contributed by atoms with E-state index in [9.17, 15) is 5.26 Å². The molecule has 2 N–H and O–H groups in total. The molecule has 0 spiro atoms. The van der Waals surface area contributed by atoms with E-state index in [1.165, 1.54) is 0 Å². The summed E-state index contributed by atoms with van der Waals surface area (Å²) < 4.78 is 0. The number of imidazole rings is 1. The van der Waals surface area contributed by atoms with Crippen LogP contribution in [0.4, 0.5) is 0 Å². The van der Waals surface area contributed by atoms with Crippen molar-refractivity contribution < 1.29 is 0 Å². The highest BCUT2D eigenvalue weighted by Gasteiger charge is 2.21. The zero-order chi connectivity index (χ0) is 15.1. The number of hydrogen-bond donors (Lipinski definition) is 2. The lowest BCUT2D eigenvalue weighted by Gasteiger charge is -2.22. The molecule has 7 heteroatoms. The number of nitriles is 1. The summed E-state index contributed by atoms with van der Waals surface area (Å²) >= 11 is 1.70. The van der Waals surface area contributed by atoms with E-state index in [0.29, 0.717) is 5.65 Å². The average Bonchev–Trinajstić information content (AvgIpc) is 2.96. The van der Waals surface area contributed by atoms with E-state index in [4.69, 9.17) is 0 Å². The lowest BCUT2D eigenvalue weighted by Crippen LogP contribution is -2.40. The Morgan fingerprint density at radius 2 is 2.24 bits per heavy atom. The first-order chi connectivity index (χ1) is 10.2. The Morgan fingerprint density at radius 1 is 1.38 bits per heavy atom. The second-order valence-corrected chi connectivity index (χ2v) is 6.14. The van der Waals surface area contributed by atoms with Crippen LogP contribution in [0.1, 0.15) is 33.1 Å². The quantitative estimate of drug-likeness (QED) is 0.442. The lowest BCUT2D eigenvalue weighted by atomic mass is 9.97. The zero-order valence-corrected chi connectivity index (χ0v) is 13.2. The van der Waals surface area contributed by atoms with Gasteiger partial charge in [0.25, 0.3) is 0 Å². The third-order valence-electron chi connectivity index (χ3n) is 3.31. The molecule has 2 rings (SSSR count). The van der Waals surface area contributed by atoms with Crippen molar-refractivity contribution in [1.29, 1.82) is 5.26 Å². The fourth-order valence-electron chi connectivity index (χ4n) is 2.18. The minimum Gasteiger partial charge on any atom is -0.341 e. The fourth-order valence-corrected chi connectivity index (χ4v) is 3.13. The van der Waals surface area contributed by atoms with Crippen molar-refractivity contribution in [3.63, 3.8) is 0 Å². The van der Waals surface area contributed by atoms with Gasteiger partial charge in [-0.25, -0.2) is 15.0 Å². The summed E-state index contributed by atoms with van der Waals surface area (Å²) in [7, 11) is 0. The van der Waals surface area contributed by atoms with Gasteiger partial charge in [0.1, 0.15) is 22.4 Å².